The summed E-state index contributed by atoms with van der Waals surface area (Å²) in [4.78, 5) is 14.7. The summed E-state index contributed by atoms with van der Waals surface area (Å²) in [6.45, 7) is 0. The fraction of sp³-hybridized carbons (Fsp3) is 0.214. The third kappa shape index (κ3) is 2.09. The van der Waals surface area contributed by atoms with Crippen molar-refractivity contribution in [1.82, 2.24) is 0 Å². The van der Waals surface area contributed by atoms with E-state index in [1.807, 2.05) is 0 Å². The molecule has 0 amide bonds. The first-order chi connectivity index (χ1) is 8.36. The number of carbonyl (C=O) groups excluding carboxylic acids is 1. The van der Waals surface area contributed by atoms with Crippen molar-refractivity contribution in [1.29, 1.82) is 0 Å². The number of Topliss-reactive ketones (excluding diaryl/α,β-unsaturated/α-hetero) is 1. The van der Waals surface area contributed by atoms with E-state index in [0.29, 0.717) is 5.78 Å². The van der Waals surface area contributed by atoms with Gasteiger partial charge in [0.2, 0.25) is 0 Å². The van der Waals surface area contributed by atoms with Crippen LogP contribution in [0.2, 0.25) is 0 Å². The SMILES string of the molecule is O=C1CCCC(=S2C=CC=C2)C1=S1C=CC=C1. The van der Waals surface area contributed by atoms with Crippen LogP contribution in [0, 0.1) is 0 Å². The number of allylic oxidation sites excluding steroid dienone is 4. The van der Waals surface area contributed by atoms with Crippen LogP contribution in [0.1, 0.15) is 19.3 Å². The Kier molecular flexibility index (Phi) is 3.12. The van der Waals surface area contributed by atoms with Gasteiger partial charge >= 0.3 is 0 Å². The Labute approximate surface area is 106 Å². The first kappa shape index (κ1) is 11.2. The van der Waals surface area contributed by atoms with Crippen molar-refractivity contribution in [2.45, 2.75) is 19.3 Å². The molecule has 2 heterocycles. The highest BCUT2D eigenvalue weighted by Crippen LogP contribution is 2.34. The zero-order chi connectivity index (χ0) is 11.7. The maximum absolute atomic E-state index is 12.2. The van der Waals surface area contributed by atoms with Gasteiger partial charge in [-0.25, -0.2) is 0 Å². The topological polar surface area (TPSA) is 17.1 Å². The molecule has 0 radical (unpaired) electrons. The van der Waals surface area contributed by atoms with Crippen molar-refractivity contribution in [2.24, 2.45) is 0 Å². The van der Waals surface area contributed by atoms with Gasteiger partial charge in [-0.15, -0.1) is 21.0 Å². The van der Waals surface area contributed by atoms with Gasteiger partial charge in [-0.2, -0.15) is 0 Å². The Morgan fingerprint density at radius 2 is 1.41 bits per heavy atom. The van der Waals surface area contributed by atoms with Crippen LogP contribution in [0.3, 0.4) is 0 Å². The summed E-state index contributed by atoms with van der Waals surface area (Å²) >= 11 is 0. The summed E-state index contributed by atoms with van der Waals surface area (Å²) in [6.07, 6.45) is 11.1. The molecular weight excluding hydrogens is 248 g/mol. The number of carbonyl (C=O) groups is 1. The fourth-order valence-corrected chi connectivity index (χ4v) is 6.03. The van der Waals surface area contributed by atoms with Gasteiger partial charge in [0.05, 0.1) is 4.86 Å². The van der Waals surface area contributed by atoms with Crippen LogP contribution in [0.25, 0.3) is 0 Å². The monoisotopic (exact) mass is 262 g/mol. The summed E-state index contributed by atoms with van der Waals surface area (Å²) in [7, 11) is 0.0146. The normalized spacial score (nSPS) is 24.6. The molecule has 17 heavy (non-hydrogen) atoms. The molecule has 3 rings (SSSR count). The van der Waals surface area contributed by atoms with Gasteiger partial charge in [0.1, 0.15) is 0 Å². The molecule has 0 unspecified atom stereocenters. The second-order valence-electron chi connectivity index (χ2n) is 4.09. The quantitative estimate of drug-likeness (QED) is 0.608. The number of hydrogen-bond donors (Lipinski definition) is 0. The molecule has 88 valence electrons. The molecule has 0 aromatic heterocycles. The highest BCUT2D eigenvalue weighted by molar-refractivity contribution is 8.28. The zero-order valence-electron chi connectivity index (χ0n) is 9.46. The van der Waals surface area contributed by atoms with Gasteiger partial charge in [0.15, 0.2) is 5.78 Å². The number of rotatable bonds is 0. The van der Waals surface area contributed by atoms with E-state index in [2.05, 4.69) is 45.9 Å². The zero-order valence-corrected chi connectivity index (χ0v) is 11.1. The van der Waals surface area contributed by atoms with Crippen LogP contribution in [-0.4, -0.2) is 15.5 Å². The molecular formula is C14H14OS2. The fourth-order valence-electron chi connectivity index (χ4n) is 2.19. The van der Waals surface area contributed by atoms with E-state index in [1.54, 1.807) is 0 Å². The predicted octanol–water partition coefficient (Wildman–Crippen LogP) is 3.70. The second-order valence-corrected chi connectivity index (χ2v) is 7.56. The minimum atomic E-state index is -0.0618. The van der Waals surface area contributed by atoms with E-state index in [4.69, 9.17) is 0 Å². The third-order valence-electron chi connectivity index (χ3n) is 2.96. The van der Waals surface area contributed by atoms with E-state index < -0.39 is 0 Å². The molecule has 3 heteroatoms. The summed E-state index contributed by atoms with van der Waals surface area (Å²) in [5.41, 5.74) is 0. The van der Waals surface area contributed by atoms with Gasteiger partial charge < -0.3 is 0 Å². The molecule has 1 fully saturated rings. The van der Waals surface area contributed by atoms with Gasteiger partial charge in [-0.05, 0) is 34.5 Å². The highest BCUT2D eigenvalue weighted by Gasteiger charge is 2.24. The van der Waals surface area contributed by atoms with Crippen molar-refractivity contribution in [3.8, 4) is 0 Å². The average Bonchev–Trinajstić information content (AvgIpc) is 3.02. The van der Waals surface area contributed by atoms with Crippen LogP contribution in [0.15, 0.2) is 45.9 Å². The molecule has 3 aliphatic rings. The predicted molar refractivity (Wildman–Crippen MR) is 80.6 cm³/mol. The summed E-state index contributed by atoms with van der Waals surface area (Å²) in [5, 5.41) is 8.76. The Bertz CT molecular complexity index is 529. The van der Waals surface area contributed by atoms with Crippen LogP contribution < -0.4 is 0 Å². The van der Waals surface area contributed by atoms with Crippen molar-refractivity contribution in [3.05, 3.63) is 45.9 Å². The molecule has 1 nitrogen and oxygen atoms in total. The molecule has 0 spiro atoms. The van der Waals surface area contributed by atoms with Gasteiger partial charge in [-0.1, -0.05) is 24.3 Å². The van der Waals surface area contributed by atoms with Crippen LogP contribution in [0.4, 0.5) is 0 Å². The maximum Gasteiger partial charge on any atom is 0.169 e. The van der Waals surface area contributed by atoms with Crippen LogP contribution >= 0.6 is 21.0 Å². The average molecular weight is 262 g/mol. The number of hydrogen-bond acceptors (Lipinski definition) is 1. The van der Waals surface area contributed by atoms with E-state index >= 15 is 0 Å². The Balaban J connectivity index is 2.17. The van der Waals surface area contributed by atoms with E-state index in [9.17, 15) is 4.79 Å². The molecule has 0 atom stereocenters. The third-order valence-corrected chi connectivity index (χ3v) is 6.81. The lowest BCUT2D eigenvalue weighted by atomic mass is 9.99. The van der Waals surface area contributed by atoms with Gasteiger partial charge in [0, 0.05) is 11.3 Å². The first-order valence-electron chi connectivity index (χ1n) is 5.76. The van der Waals surface area contributed by atoms with Crippen molar-refractivity contribution in [2.75, 3.05) is 0 Å². The highest BCUT2D eigenvalue weighted by atomic mass is 32.2. The lowest BCUT2D eigenvalue weighted by molar-refractivity contribution is -0.112. The van der Waals surface area contributed by atoms with Crippen molar-refractivity contribution < 1.29 is 4.79 Å². The molecule has 0 saturated heterocycles. The van der Waals surface area contributed by atoms with Gasteiger partial charge in [0.25, 0.3) is 0 Å². The molecule has 0 bridgehead atoms. The minimum Gasteiger partial charge on any atom is -0.294 e. The molecule has 1 saturated carbocycles. The number of ketones is 1. The second kappa shape index (κ2) is 4.75. The van der Waals surface area contributed by atoms with Crippen molar-refractivity contribution >= 4 is 36.5 Å². The minimum absolute atomic E-state index is 0.0618. The van der Waals surface area contributed by atoms with E-state index in [-0.39, 0.29) is 21.0 Å². The summed E-state index contributed by atoms with van der Waals surface area (Å²) in [5.74, 6) is 0.368. The van der Waals surface area contributed by atoms with E-state index in [0.717, 1.165) is 24.1 Å². The molecule has 2 aliphatic heterocycles. The standard InChI is InChI=1S/C14H14OS2/c15-12-6-5-7-13(16-8-1-2-9-16)14(12)17-10-3-4-11-17/h1-4,8-11H,5-7H2. The van der Waals surface area contributed by atoms with Gasteiger partial charge in [-0.3, -0.25) is 4.79 Å². The summed E-state index contributed by atoms with van der Waals surface area (Å²) < 4.78 is 0. The Morgan fingerprint density at radius 1 is 0.824 bits per heavy atom. The lowest BCUT2D eigenvalue weighted by Gasteiger charge is -2.20. The molecule has 0 N–H and O–H groups in total. The van der Waals surface area contributed by atoms with Crippen LogP contribution in [0.5, 0.6) is 0 Å². The molecule has 1 aliphatic carbocycles. The molecule has 0 aromatic rings. The maximum atomic E-state index is 12.2. The van der Waals surface area contributed by atoms with Crippen LogP contribution in [-0.2, 0) is 4.79 Å². The van der Waals surface area contributed by atoms with E-state index in [1.165, 1.54) is 4.86 Å². The van der Waals surface area contributed by atoms with Crippen molar-refractivity contribution in [3.63, 3.8) is 0 Å². The first-order valence-corrected chi connectivity index (χ1v) is 8.46. The summed E-state index contributed by atoms with van der Waals surface area (Å²) in [6, 6.07) is 0. The Morgan fingerprint density at radius 3 is 2.06 bits per heavy atom. The lowest BCUT2D eigenvalue weighted by Crippen LogP contribution is -2.28. The molecule has 0 aromatic carbocycles. The smallest absolute Gasteiger partial charge is 0.169 e. The Hall–Kier alpha value is -0.930. The largest absolute Gasteiger partial charge is 0.294 e.